The van der Waals surface area contributed by atoms with Crippen LogP contribution in [0.1, 0.15) is 34.2 Å². The summed E-state index contributed by atoms with van der Waals surface area (Å²) in [6.07, 6.45) is 0.264. The minimum absolute atomic E-state index is 0.0566. The predicted octanol–water partition coefficient (Wildman–Crippen LogP) is 1.29. The monoisotopic (exact) mass is 359 g/mol. The molecular formula is C18H21N3O5. The summed E-state index contributed by atoms with van der Waals surface area (Å²) in [5.41, 5.74) is 1.62. The summed E-state index contributed by atoms with van der Waals surface area (Å²) in [6, 6.07) is 10.0. The number of hydrogen-bond acceptors (Lipinski definition) is 5. The van der Waals surface area contributed by atoms with E-state index in [1.165, 1.54) is 13.2 Å². The van der Waals surface area contributed by atoms with Crippen LogP contribution in [0.25, 0.3) is 0 Å². The Labute approximate surface area is 150 Å². The molecule has 1 unspecified atom stereocenters. The number of ether oxygens (including phenoxy) is 1. The molecule has 138 valence electrons. The molecule has 2 amide bonds. The lowest BCUT2D eigenvalue weighted by atomic mass is 10.0. The van der Waals surface area contributed by atoms with E-state index in [2.05, 4.69) is 20.4 Å². The Morgan fingerprint density at radius 1 is 1.19 bits per heavy atom. The van der Waals surface area contributed by atoms with E-state index in [1.807, 2.05) is 6.07 Å². The number of aliphatic hydroxyl groups excluding tert-OH is 1. The van der Waals surface area contributed by atoms with Gasteiger partial charge in [0, 0.05) is 12.3 Å². The molecule has 26 heavy (non-hydrogen) atoms. The molecule has 1 aromatic carbocycles. The van der Waals surface area contributed by atoms with Gasteiger partial charge in [0.25, 0.3) is 0 Å². The number of carbonyl (C=O) groups excluding carboxylic acids is 3. The van der Waals surface area contributed by atoms with Crippen molar-refractivity contribution in [2.75, 3.05) is 19.0 Å². The van der Waals surface area contributed by atoms with Crippen LogP contribution in [0.2, 0.25) is 0 Å². The molecule has 0 aliphatic heterocycles. The fraction of sp³-hybridized carbons (Fsp3) is 0.278. The lowest BCUT2D eigenvalue weighted by Crippen LogP contribution is -2.38. The van der Waals surface area contributed by atoms with Gasteiger partial charge in [-0.3, -0.25) is 9.59 Å². The Kier molecular flexibility index (Phi) is 6.51. The van der Waals surface area contributed by atoms with E-state index >= 15 is 0 Å². The van der Waals surface area contributed by atoms with Gasteiger partial charge in [-0.2, -0.15) is 0 Å². The smallest absolute Gasteiger partial charge is 0.356 e. The third-order valence-electron chi connectivity index (χ3n) is 3.72. The van der Waals surface area contributed by atoms with E-state index < -0.39 is 23.8 Å². The van der Waals surface area contributed by atoms with Gasteiger partial charge in [0.1, 0.15) is 5.69 Å². The number of carbonyl (C=O) groups is 3. The standard InChI is InChI=1S/C18H21N3O5/c1-11-10-14(15(19-11)18(25)26-2)21-17(24)16(23)20-13(8-9-22)12-6-4-3-5-7-12/h3-7,10,13,19,22H,8-9H2,1-2H3,(H,20,23)(H,21,24). The van der Waals surface area contributed by atoms with E-state index in [1.54, 1.807) is 31.2 Å². The normalized spacial score (nSPS) is 11.5. The number of amides is 2. The number of aliphatic hydroxyl groups is 1. The SMILES string of the molecule is COC(=O)c1[nH]c(C)cc1NC(=O)C(=O)NC(CCO)c1ccccc1. The molecule has 0 aliphatic carbocycles. The maximum Gasteiger partial charge on any atom is 0.356 e. The Morgan fingerprint density at radius 3 is 2.50 bits per heavy atom. The van der Waals surface area contributed by atoms with Gasteiger partial charge >= 0.3 is 17.8 Å². The molecule has 1 atom stereocenters. The Morgan fingerprint density at radius 2 is 1.88 bits per heavy atom. The van der Waals surface area contributed by atoms with Crippen molar-refractivity contribution in [1.29, 1.82) is 0 Å². The van der Waals surface area contributed by atoms with Crippen molar-refractivity contribution < 1.29 is 24.2 Å². The van der Waals surface area contributed by atoms with Gasteiger partial charge in [-0.1, -0.05) is 30.3 Å². The lowest BCUT2D eigenvalue weighted by molar-refractivity contribution is -0.136. The molecule has 2 rings (SSSR count). The fourth-order valence-corrected chi connectivity index (χ4v) is 2.49. The van der Waals surface area contributed by atoms with E-state index in [9.17, 15) is 19.5 Å². The summed E-state index contributed by atoms with van der Waals surface area (Å²) >= 11 is 0. The maximum atomic E-state index is 12.2. The molecule has 0 saturated carbocycles. The van der Waals surface area contributed by atoms with E-state index in [4.69, 9.17) is 0 Å². The number of benzene rings is 1. The Bertz CT molecular complexity index is 785. The number of esters is 1. The second kappa shape index (κ2) is 8.82. The number of anilines is 1. The van der Waals surface area contributed by atoms with Crippen molar-refractivity contribution >= 4 is 23.5 Å². The zero-order chi connectivity index (χ0) is 19.1. The second-order valence-electron chi connectivity index (χ2n) is 5.64. The van der Waals surface area contributed by atoms with Crippen molar-refractivity contribution in [2.45, 2.75) is 19.4 Å². The molecule has 0 spiro atoms. The largest absolute Gasteiger partial charge is 0.464 e. The first-order valence-electron chi connectivity index (χ1n) is 8.01. The molecule has 0 saturated heterocycles. The number of methoxy groups -OCH3 is 1. The van der Waals surface area contributed by atoms with Crippen molar-refractivity contribution in [3.05, 3.63) is 53.3 Å². The number of H-pyrrole nitrogens is 1. The van der Waals surface area contributed by atoms with Crippen LogP contribution in [-0.2, 0) is 14.3 Å². The van der Waals surface area contributed by atoms with Crippen LogP contribution in [0.15, 0.2) is 36.4 Å². The van der Waals surface area contributed by atoms with Gasteiger partial charge in [-0.15, -0.1) is 0 Å². The maximum absolute atomic E-state index is 12.2. The zero-order valence-corrected chi connectivity index (χ0v) is 14.5. The molecule has 4 N–H and O–H groups in total. The first-order chi connectivity index (χ1) is 12.5. The molecule has 8 nitrogen and oxygen atoms in total. The van der Waals surface area contributed by atoms with Crippen LogP contribution >= 0.6 is 0 Å². The van der Waals surface area contributed by atoms with Crippen molar-refractivity contribution in [1.82, 2.24) is 10.3 Å². The second-order valence-corrected chi connectivity index (χ2v) is 5.64. The molecule has 8 heteroatoms. The Balaban J connectivity index is 2.10. The molecular weight excluding hydrogens is 338 g/mol. The summed E-state index contributed by atoms with van der Waals surface area (Å²) in [6.45, 7) is 1.56. The molecule has 1 heterocycles. The van der Waals surface area contributed by atoms with Crippen LogP contribution in [0.5, 0.6) is 0 Å². The minimum atomic E-state index is -0.923. The molecule has 2 aromatic rings. The fourth-order valence-electron chi connectivity index (χ4n) is 2.49. The van der Waals surface area contributed by atoms with E-state index in [0.29, 0.717) is 5.69 Å². The average molecular weight is 359 g/mol. The third kappa shape index (κ3) is 4.70. The van der Waals surface area contributed by atoms with Crippen molar-refractivity contribution in [3.8, 4) is 0 Å². The summed E-state index contributed by atoms with van der Waals surface area (Å²) in [4.78, 5) is 38.9. The van der Waals surface area contributed by atoms with E-state index in [0.717, 1.165) is 5.56 Å². The Hall–Kier alpha value is -3.13. The number of aromatic amines is 1. The van der Waals surface area contributed by atoms with Crippen LogP contribution < -0.4 is 10.6 Å². The van der Waals surface area contributed by atoms with Crippen LogP contribution in [0.4, 0.5) is 5.69 Å². The third-order valence-corrected chi connectivity index (χ3v) is 3.72. The molecule has 0 radical (unpaired) electrons. The lowest BCUT2D eigenvalue weighted by Gasteiger charge is -2.18. The number of aryl methyl sites for hydroxylation is 1. The molecule has 0 aliphatic rings. The van der Waals surface area contributed by atoms with E-state index in [-0.39, 0.29) is 24.4 Å². The highest BCUT2D eigenvalue weighted by atomic mass is 16.5. The number of hydrogen-bond donors (Lipinski definition) is 4. The van der Waals surface area contributed by atoms with Crippen molar-refractivity contribution in [3.63, 3.8) is 0 Å². The summed E-state index contributed by atoms with van der Waals surface area (Å²) in [7, 11) is 1.22. The summed E-state index contributed by atoms with van der Waals surface area (Å²) in [5, 5.41) is 14.2. The van der Waals surface area contributed by atoms with Gasteiger partial charge in [-0.05, 0) is 25.0 Å². The van der Waals surface area contributed by atoms with Crippen LogP contribution in [0, 0.1) is 6.92 Å². The molecule has 1 aromatic heterocycles. The number of nitrogens with one attached hydrogen (secondary N) is 3. The number of aromatic nitrogens is 1. The molecule has 0 bridgehead atoms. The van der Waals surface area contributed by atoms with Crippen LogP contribution in [-0.4, -0.2) is 41.6 Å². The zero-order valence-electron chi connectivity index (χ0n) is 14.5. The van der Waals surface area contributed by atoms with Crippen molar-refractivity contribution in [2.24, 2.45) is 0 Å². The highest BCUT2D eigenvalue weighted by Gasteiger charge is 2.23. The minimum Gasteiger partial charge on any atom is -0.464 e. The van der Waals surface area contributed by atoms with Gasteiger partial charge in [-0.25, -0.2) is 4.79 Å². The predicted molar refractivity (Wildman–Crippen MR) is 94.5 cm³/mol. The highest BCUT2D eigenvalue weighted by molar-refractivity contribution is 6.40. The summed E-state index contributed by atoms with van der Waals surface area (Å²) in [5.74, 6) is -2.45. The first-order valence-corrected chi connectivity index (χ1v) is 8.01. The van der Waals surface area contributed by atoms with Crippen LogP contribution in [0.3, 0.4) is 0 Å². The first kappa shape index (κ1) is 19.2. The summed E-state index contributed by atoms with van der Waals surface area (Å²) < 4.78 is 4.64. The average Bonchev–Trinajstić information content (AvgIpc) is 3.01. The van der Waals surface area contributed by atoms with Gasteiger partial charge in [0.05, 0.1) is 18.8 Å². The van der Waals surface area contributed by atoms with Gasteiger partial charge in [0.2, 0.25) is 0 Å². The van der Waals surface area contributed by atoms with Gasteiger partial charge in [0.15, 0.2) is 0 Å². The highest BCUT2D eigenvalue weighted by Crippen LogP contribution is 2.19. The topological polar surface area (TPSA) is 121 Å². The van der Waals surface area contributed by atoms with Gasteiger partial charge < -0.3 is 25.5 Å². The molecule has 0 fully saturated rings. The quantitative estimate of drug-likeness (QED) is 0.457. The number of rotatable bonds is 6.